The van der Waals surface area contributed by atoms with E-state index >= 15 is 0 Å². The van der Waals surface area contributed by atoms with Crippen molar-refractivity contribution in [1.82, 2.24) is 14.5 Å². The number of rotatable bonds is 9. The number of aliphatic hydroxyl groups is 2. The SMILES string of the molecule is CC(C)[Si](C#Cc1cn([C@@H]2O[C@@H]([C@H](c3ccc(Cl)c(Cl)c3)c3cc(-c4ccccc4)ccc3C(=O)O)[C@@H](O)[C@H]2O)c2ncnc(Cl)c12)(C(C)C)C(C)C. The first kappa shape index (κ1) is 39.0. The van der Waals surface area contributed by atoms with Gasteiger partial charge in [0.1, 0.15) is 37.4 Å². The zero-order chi connectivity index (χ0) is 38.4. The van der Waals surface area contributed by atoms with Gasteiger partial charge < -0.3 is 24.6 Å². The highest BCUT2D eigenvalue weighted by Gasteiger charge is 2.49. The van der Waals surface area contributed by atoms with E-state index in [-0.39, 0.29) is 15.7 Å². The van der Waals surface area contributed by atoms with E-state index in [0.717, 1.165) is 11.1 Å². The molecular weight excluding hydrogens is 749 g/mol. The zero-order valence-corrected chi connectivity index (χ0v) is 33.5. The Bertz CT molecular complexity index is 2190. The lowest BCUT2D eigenvalue weighted by Crippen LogP contribution is -2.43. The number of benzene rings is 3. The van der Waals surface area contributed by atoms with Crippen LogP contribution in [0.2, 0.25) is 31.8 Å². The number of fused-ring (bicyclic) bond motifs is 1. The highest BCUT2D eigenvalue weighted by Crippen LogP contribution is 2.45. The maximum Gasteiger partial charge on any atom is 0.335 e. The Morgan fingerprint density at radius 1 is 0.849 bits per heavy atom. The fourth-order valence-electron chi connectivity index (χ4n) is 8.21. The van der Waals surface area contributed by atoms with Gasteiger partial charge in [0.15, 0.2) is 6.23 Å². The Morgan fingerprint density at radius 2 is 1.53 bits per heavy atom. The Labute approximate surface area is 325 Å². The molecule has 8 nitrogen and oxygen atoms in total. The largest absolute Gasteiger partial charge is 0.478 e. The van der Waals surface area contributed by atoms with Crippen molar-refractivity contribution in [1.29, 1.82) is 0 Å². The molecule has 0 amide bonds. The Hall–Kier alpha value is -3.72. The summed E-state index contributed by atoms with van der Waals surface area (Å²) in [4.78, 5) is 21.5. The molecule has 2 aromatic heterocycles. The average molecular weight is 791 g/mol. The Balaban J connectivity index is 1.51. The monoisotopic (exact) mass is 789 g/mol. The molecule has 1 saturated heterocycles. The van der Waals surface area contributed by atoms with Gasteiger partial charge in [-0.05, 0) is 63.1 Å². The minimum Gasteiger partial charge on any atom is -0.478 e. The van der Waals surface area contributed by atoms with Gasteiger partial charge in [-0.1, -0.05) is 125 Å². The number of carbonyl (C=O) groups is 1. The molecule has 12 heteroatoms. The van der Waals surface area contributed by atoms with Crippen LogP contribution in [0.5, 0.6) is 0 Å². The molecule has 3 heterocycles. The lowest BCUT2D eigenvalue weighted by Gasteiger charge is -2.38. The number of halogens is 3. The molecule has 53 heavy (non-hydrogen) atoms. The number of aliphatic hydroxyl groups excluding tert-OH is 2. The number of hydrogen-bond donors (Lipinski definition) is 3. The van der Waals surface area contributed by atoms with Crippen molar-refractivity contribution in [3.8, 4) is 22.6 Å². The van der Waals surface area contributed by atoms with E-state index in [1.807, 2.05) is 30.3 Å². The van der Waals surface area contributed by atoms with E-state index in [9.17, 15) is 20.1 Å². The third kappa shape index (κ3) is 7.15. The topological polar surface area (TPSA) is 118 Å². The molecule has 3 aromatic carbocycles. The lowest BCUT2D eigenvalue weighted by atomic mass is 9.80. The molecule has 1 aliphatic rings. The molecule has 6 rings (SSSR count). The van der Waals surface area contributed by atoms with Gasteiger partial charge in [0.25, 0.3) is 0 Å². The van der Waals surface area contributed by atoms with E-state index < -0.39 is 44.5 Å². The van der Waals surface area contributed by atoms with Crippen LogP contribution in [0.3, 0.4) is 0 Å². The van der Waals surface area contributed by atoms with Crippen LogP contribution in [0.25, 0.3) is 22.2 Å². The molecule has 3 N–H and O–H groups in total. The van der Waals surface area contributed by atoms with Crippen molar-refractivity contribution in [2.24, 2.45) is 0 Å². The van der Waals surface area contributed by atoms with Crippen LogP contribution in [0.1, 0.15) is 80.7 Å². The van der Waals surface area contributed by atoms with Crippen LogP contribution in [-0.2, 0) is 4.74 Å². The van der Waals surface area contributed by atoms with Crippen molar-refractivity contribution in [3.05, 3.63) is 117 Å². The second-order valence-electron chi connectivity index (χ2n) is 14.6. The molecule has 0 aliphatic carbocycles. The van der Waals surface area contributed by atoms with E-state index in [2.05, 4.69) is 63.0 Å². The van der Waals surface area contributed by atoms with Crippen LogP contribution in [0, 0.1) is 11.5 Å². The number of carboxylic acids is 1. The van der Waals surface area contributed by atoms with Crippen LogP contribution < -0.4 is 0 Å². The molecule has 0 unspecified atom stereocenters. The second kappa shape index (κ2) is 15.6. The first-order valence-electron chi connectivity index (χ1n) is 17.6. The zero-order valence-electron chi connectivity index (χ0n) is 30.3. The maximum absolute atomic E-state index is 12.8. The van der Waals surface area contributed by atoms with Crippen molar-refractivity contribution < 1.29 is 24.9 Å². The van der Waals surface area contributed by atoms with Gasteiger partial charge in [0.2, 0.25) is 0 Å². The quantitative estimate of drug-likeness (QED) is 0.0773. The summed E-state index contributed by atoms with van der Waals surface area (Å²) in [5.41, 5.74) is 8.40. The third-order valence-electron chi connectivity index (χ3n) is 10.7. The van der Waals surface area contributed by atoms with Crippen LogP contribution >= 0.6 is 34.8 Å². The first-order chi connectivity index (χ1) is 25.2. The van der Waals surface area contributed by atoms with E-state index in [1.54, 1.807) is 41.1 Å². The summed E-state index contributed by atoms with van der Waals surface area (Å²) in [5, 5.41) is 35.3. The molecule has 5 aromatic rings. The predicted molar refractivity (Wildman–Crippen MR) is 214 cm³/mol. The van der Waals surface area contributed by atoms with E-state index in [1.165, 1.54) is 12.4 Å². The molecule has 0 bridgehead atoms. The minimum atomic E-state index is -2.16. The second-order valence-corrected chi connectivity index (χ2v) is 21.3. The number of carboxylic acid groups (broad SMARTS) is 1. The molecule has 0 spiro atoms. The van der Waals surface area contributed by atoms with Gasteiger partial charge >= 0.3 is 5.97 Å². The predicted octanol–water partition coefficient (Wildman–Crippen LogP) is 9.78. The third-order valence-corrected chi connectivity index (χ3v) is 18.1. The molecule has 5 atom stereocenters. The number of aromatic nitrogens is 3. The fraction of sp³-hybridized carbons (Fsp3) is 0.341. The minimum absolute atomic E-state index is 0.00565. The van der Waals surface area contributed by atoms with Crippen molar-refractivity contribution >= 4 is 59.9 Å². The van der Waals surface area contributed by atoms with Crippen molar-refractivity contribution in [2.45, 2.75) is 88.6 Å². The van der Waals surface area contributed by atoms with Crippen molar-refractivity contribution in [3.63, 3.8) is 0 Å². The lowest BCUT2D eigenvalue weighted by molar-refractivity contribution is -0.0390. The van der Waals surface area contributed by atoms with E-state index in [0.29, 0.717) is 49.4 Å². The summed E-state index contributed by atoms with van der Waals surface area (Å²) in [7, 11) is -2.16. The molecule has 0 radical (unpaired) electrons. The van der Waals surface area contributed by atoms with Gasteiger partial charge in [-0.3, -0.25) is 0 Å². The molecule has 276 valence electrons. The smallest absolute Gasteiger partial charge is 0.335 e. The summed E-state index contributed by atoms with van der Waals surface area (Å²) >= 11 is 19.6. The number of hydrogen-bond acceptors (Lipinski definition) is 6. The van der Waals surface area contributed by atoms with Gasteiger partial charge in [-0.15, -0.1) is 5.54 Å². The number of aromatic carboxylic acids is 1. The van der Waals surface area contributed by atoms with Crippen molar-refractivity contribution in [2.75, 3.05) is 0 Å². The summed E-state index contributed by atoms with van der Waals surface area (Å²) < 4.78 is 8.30. The molecule has 0 saturated carbocycles. The molecular formula is C41H42Cl3N3O5Si. The number of nitrogens with zero attached hydrogens (tertiary/aromatic N) is 3. The van der Waals surface area contributed by atoms with Gasteiger partial charge in [-0.2, -0.15) is 0 Å². The highest BCUT2D eigenvalue weighted by atomic mass is 35.5. The van der Waals surface area contributed by atoms with Crippen LogP contribution in [0.4, 0.5) is 0 Å². The normalized spacial score (nSPS) is 19.6. The summed E-state index contributed by atoms with van der Waals surface area (Å²) in [6.45, 7) is 13.4. The molecule has 1 fully saturated rings. The Kier molecular flexibility index (Phi) is 11.4. The Morgan fingerprint density at radius 3 is 2.15 bits per heavy atom. The van der Waals surface area contributed by atoms with Gasteiger partial charge in [-0.25, -0.2) is 14.8 Å². The maximum atomic E-state index is 12.8. The average Bonchev–Trinajstić information content (AvgIpc) is 3.63. The van der Waals surface area contributed by atoms with Crippen LogP contribution in [0.15, 0.2) is 79.3 Å². The fourth-order valence-corrected chi connectivity index (χ4v) is 14.0. The van der Waals surface area contributed by atoms with Crippen LogP contribution in [-0.4, -0.2) is 62.2 Å². The summed E-state index contributed by atoms with van der Waals surface area (Å²) in [6, 6.07) is 19.6. The number of ether oxygens (including phenoxy) is 1. The highest BCUT2D eigenvalue weighted by molar-refractivity contribution is 6.90. The summed E-state index contributed by atoms with van der Waals surface area (Å²) in [6.07, 6.45) is -2.17. The summed E-state index contributed by atoms with van der Waals surface area (Å²) in [5.74, 6) is 1.38. The first-order valence-corrected chi connectivity index (χ1v) is 21.0. The van der Waals surface area contributed by atoms with Gasteiger partial charge in [0.05, 0.1) is 32.7 Å². The van der Waals surface area contributed by atoms with Gasteiger partial charge in [0, 0.05) is 12.1 Å². The molecule has 1 aliphatic heterocycles. The standard InChI is InChI=1S/C41H42Cl3N3O5Si/c1-22(2)53(23(3)4,24(5)6)17-16-28-20-47(39-34(28)38(44)45-21-46-39)40-36(49)35(48)37(52-40)33(27-13-15-31(42)32(43)19-27)30-18-26(12-14-29(30)41(50)51)25-10-8-7-9-11-25/h7-15,18-24,33,35-37,40,48-49H,1-6H3,(H,50,51)/t33-,35+,36-,37+,40-/m1/s1. The van der Waals surface area contributed by atoms with E-state index in [4.69, 9.17) is 39.5 Å².